The van der Waals surface area contributed by atoms with Crippen molar-refractivity contribution in [2.24, 2.45) is 5.92 Å². The van der Waals surface area contributed by atoms with Crippen LogP contribution < -0.4 is 4.74 Å². The number of hydrogen-bond donors (Lipinski definition) is 0. The van der Waals surface area contributed by atoms with Crippen molar-refractivity contribution in [1.82, 2.24) is 4.90 Å². The number of para-hydroxylation sites is 1. The first-order chi connectivity index (χ1) is 13.3. The maximum Gasteiger partial charge on any atom is 0.311 e. The Balaban J connectivity index is 2.00. The first-order valence-electron chi connectivity index (χ1n) is 10.3. The fourth-order valence-corrected chi connectivity index (χ4v) is 3.55. The van der Waals surface area contributed by atoms with E-state index in [1.807, 2.05) is 24.3 Å². The van der Waals surface area contributed by atoms with Crippen LogP contribution in [0.4, 0.5) is 0 Å². The SMILES string of the molecule is CC(C)Cc1ccc(C(CCC(=O)Oc2ccccc2C(C)C)N(C)C)cc1. The molecule has 0 radical (unpaired) electrons. The molecular weight excluding hydrogens is 346 g/mol. The molecule has 3 nitrogen and oxygen atoms in total. The molecule has 2 aromatic carbocycles. The molecule has 3 heteroatoms. The fraction of sp³-hybridized carbons (Fsp3) is 0.480. The lowest BCUT2D eigenvalue weighted by atomic mass is 9.97. The predicted molar refractivity (Wildman–Crippen MR) is 117 cm³/mol. The maximum atomic E-state index is 12.5. The average Bonchev–Trinajstić information content (AvgIpc) is 2.62. The summed E-state index contributed by atoms with van der Waals surface area (Å²) in [6, 6.07) is 16.8. The number of esters is 1. The van der Waals surface area contributed by atoms with Gasteiger partial charge in [-0.3, -0.25) is 4.79 Å². The zero-order chi connectivity index (χ0) is 20.7. The molecule has 1 unspecified atom stereocenters. The van der Waals surface area contributed by atoms with Gasteiger partial charge in [0.2, 0.25) is 0 Å². The Morgan fingerprint density at radius 1 is 0.964 bits per heavy atom. The highest BCUT2D eigenvalue weighted by molar-refractivity contribution is 5.73. The Bertz CT molecular complexity index is 747. The lowest BCUT2D eigenvalue weighted by Gasteiger charge is -2.25. The molecule has 28 heavy (non-hydrogen) atoms. The van der Waals surface area contributed by atoms with Crippen molar-refractivity contribution in [3.63, 3.8) is 0 Å². The number of rotatable bonds is 9. The first-order valence-corrected chi connectivity index (χ1v) is 10.3. The van der Waals surface area contributed by atoms with E-state index in [1.54, 1.807) is 0 Å². The van der Waals surface area contributed by atoms with Crippen molar-refractivity contribution >= 4 is 5.97 Å². The first kappa shape index (κ1) is 22.2. The molecule has 0 saturated carbocycles. The Morgan fingerprint density at radius 2 is 1.61 bits per heavy atom. The van der Waals surface area contributed by atoms with Crippen molar-refractivity contribution in [1.29, 1.82) is 0 Å². The molecule has 0 aliphatic carbocycles. The van der Waals surface area contributed by atoms with Crippen LogP contribution in [-0.4, -0.2) is 25.0 Å². The van der Waals surface area contributed by atoms with Crippen LogP contribution in [0, 0.1) is 5.92 Å². The summed E-state index contributed by atoms with van der Waals surface area (Å²) in [6.07, 6.45) is 2.22. The van der Waals surface area contributed by atoms with Gasteiger partial charge in [-0.15, -0.1) is 0 Å². The molecule has 0 N–H and O–H groups in total. The monoisotopic (exact) mass is 381 g/mol. The summed E-state index contributed by atoms with van der Waals surface area (Å²) < 4.78 is 5.68. The molecule has 152 valence electrons. The lowest BCUT2D eigenvalue weighted by molar-refractivity contribution is -0.134. The maximum absolute atomic E-state index is 12.5. The molecule has 0 heterocycles. The van der Waals surface area contributed by atoms with Gasteiger partial charge in [0.15, 0.2) is 0 Å². The van der Waals surface area contributed by atoms with E-state index < -0.39 is 0 Å². The minimum atomic E-state index is -0.170. The van der Waals surface area contributed by atoms with Crippen LogP contribution in [0.1, 0.15) is 69.2 Å². The van der Waals surface area contributed by atoms with E-state index in [0.29, 0.717) is 24.0 Å². The van der Waals surface area contributed by atoms with Crippen molar-refractivity contribution in [2.75, 3.05) is 14.1 Å². The third-order valence-corrected chi connectivity index (χ3v) is 5.02. The molecule has 0 aliphatic rings. The van der Waals surface area contributed by atoms with Crippen molar-refractivity contribution in [3.05, 3.63) is 65.2 Å². The van der Waals surface area contributed by atoms with E-state index in [0.717, 1.165) is 18.4 Å². The topological polar surface area (TPSA) is 29.5 Å². The van der Waals surface area contributed by atoms with Gasteiger partial charge in [0.1, 0.15) is 5.75 Å². The van der Waals surface area contributed by atoms with Gasteiger partial charge in [-0.25, -0.2) is 0 Å². The molecule has 0 bridgehead atoms. The number of carbonyl (C=O) groups excluding carboxylic acids is 1. The largest absolute Gasteiger partial charge is 0.426 e. The highest BCUT2D eigenvalue weighted by Crippen LogP contribution is 2.28. The molecule has 1 atom stereocenters. The molecule has 0 amide bonds. The van der Waals surface area contributed by atoms with E-state index >= 15 is 0 Å². The van der Waals surface area contributed by atoms with Gasteiger partial charge in [-0.1, -0.05) is 70.2 Å². The van der Waals surface area contributed by atoms with Gasteiger partial charge in [-0.2, -0.15) is 0 Å². The van der Waals surface area contributed by atoms with Gasteiger partial charge in [-0.05, 0) is 61.5 Å². The lowest BCUT2D eigenvalue weighted by Crippen LogP contribution is -2.22. The molecule has 0 spiro atoms. The summed E-state index contributed by atoms with van der Waals surface area (Å²) in [4.78, 5) is 14.7. The van der Waals surface area contributed by atoms with Crippen molar-refractivity contribution in [3.8, 4) is 5.75 Å². The predicted octanol–water partition coefficient (Wildman–Crippen LogP) is 6.00. The Hall–Kier alpha value is -2.13. The summed E-state index contributed by atoms with van der Waals surface area (Å²) in [6.45, 7) is 8.69. The Labute approximate surface area is 170 Å². The molecule has 2 aromatic rings. The summed E-state index contributed by atoms with van der Waals surface area (Å²) >= 11 is 0. The van der Waals surface area contributed by atoms with Crippen LogP contribution in [0.5, 0.6) is 5.75 Å². The van der Waals surface area contributed by atoms with E-state index in [2.05, 4.69) is 71.0 Å². The molecule has 2 rings (SSSR count). The Morgan fingerprint density at radius 3 is 2.18 bits per heavy atom. The fourth-order valence-electron chi connectivity index (χ4n) is 3.55. The molecular formula is C25H35NO2. The second kappa shape index (κ2) is 10.4. The van der Waals surface area contributed by atoms with Crippen LogP contribution >= 0.6 is 0 Å². The van der Waals surface area contributed by atoms with Gasteiger partial charge in [0.25, 0.3) is 0 Å². The second-order valence-corrected chi connectivity index (χ2v) is 8.52. The van der Waals surface area contributed by atoms with Crippen molar-refractivity contribution < 1.29 is 9.53 Å². The van der Waals surface area contributed by atoms with Crippen LogP contribution in [0.3, 0.4) is 0 Å². The summed E-state index contributed by atoms with van der Waals surface area (Å²) in [7, 11) is 4.12. The van der Waals surface area contributed by atoms with Crippen LogP contribution in [0.15, 0.2) is 48.5 Å². The number of benzene rings is 2. The van der Waals surface area contributed by atoms with Crippen LogP contribution in [0.2, 0.25) is 0 Å². The minimum Gasteiger partial charge on any atom is -0.426 e. The highest BCUT2D eigenvalue weighted by atomic mass is 16.5. The van der Waals surface area contributed by atoms with E-state index in [1.165, 1.54) is 11.1 Å². The summed E-state index contributed by atoms with van der Waals surface area (Å²) in [5.74, 6) is 1.49. The second-order valence-electron chi connectivity index (χ2n) is 8.52. The van der Waals surface area contributed by atoms with Crippen LogP contribution in [-0.2, 0) is 11.2 Å². The quantitative estimate of drug-likeness (QED) is 0.394. The molecule has 0 aliphatic heterocycles. The number of nitrogens with zero attached hydrogens (tertiary/aromatic N) is 1. The standard InChI is InChI=1S/C25H35NO2/c1-18(2)17-20-11-13-21(14-12-20)23(26(5)6)15-16-25(27)28-24-10-8-7-9-22(24)19(3)4/h7-14,18-19,23H,15-17H2,1-6H3. The highest BCUT2D eigenvalue weighted by Gasteiger charge is 2.18. The minimum absolute atomic E-state index is 0.170. The Kier molecular flexibility index (Phi) is 8.25. The zero-order valence-electron chi connectivity index (χ0n) is 18.2. The summed E-state index contributed by atoms with van der Waals surface area (Å²) in [5.41, 5.74) is 3.68. The van der Waals surface area contributed by atoms with Crippen LogP contribution in [0.25, 0.3) is 0 Å². The van der Waals surface area contributed by atoms with E-state index in [9.17, 15) is 4.79 Å². The molecule has 0 saturated heterocycles. The number of ether oxygens (including phenoxy) is 1. The third-order valence-electron chi connectivity index (χ3n) is 5.02. The summed E-state index contributed by atoms with van der Waals surface area (Å²) in [5, 5.41) is 0. The van der Waals surface area contributed by atoms with Crippen molar-refractivity contribution in [2.45, 2.75) is 58.9 Å². The van der Waals surface area contributed by atoms with Gasteiger partial charge in [0, 0.05) is 12.5 Å². The molecule has 0 aromatic heterocycles. The van der Waals surface area contributed by atoms with E-state index in [4.69, 9.17) is 4.74 Å². The smallest absolute Gasteiger partial charge is 0.311 e. The number of hydrogen-bond acceptors (Lipinski definition) is 3. The van der Waals surface area contributed by atoms with Gasteiger partial charge < -0.3 is 9.64 Å². The normalized spacial score (nSPS) is 12.6. The van der Waals surface area contributed by atoms with Gasteiger partial charge >= 0.3 is 5.97 Å². The number of carbonyl (C=O) groups is 1. The van der Waals surface area contributed by atoms with Gasteiger partial charge in [0.05, 0.1) is 0 Å². The zero-order valence-corrected chi connectivity index (χ0v) is 18.2. The molecule has 0 fully saturated rings. The average molecular weight is 382 g/mol. The third kappa shape index (κ3) is 6.49. The van der Waals surface area contributed by atoms with E-state index in [-0.39, 0.29) is 12.0 Å².